The van der Waals surface area contributed by atoms with Crippen LogP contribution in [0.5, 0.6) is 0 Å². The van der Waals surface area contributed by atoms with Gasteiger partial charge in [-0.1, -0.05) is 114 Å². The molecule has 5 heteroatoms. The first-order valence-electron chi connectivity index (χ1n) is 16.4. The molecule has 0 unspecified atom stereocenters. The van der Waals surface area contributed by atoms with Crippen LogP contribution in [0.4, 0.5) is 0 Å². The van der Waals surface area contributed by atoms with Gasteiger partial charge in [0.15, 0.2) is 12.0 Å². The van der Waals surface area contributed by atoms with Crippen LogP contribution in [0.2, 0.25) is 0 Å². The van der Waals surface area contributed by atoms with Crippen LogP contribution in [0.25, 0.3) is 61.3 Å². The van der Waals surface area contributed by atoms with Crippen molar-refractivity contribution in [1.29, 1.82) is 0 Å². The molecule has 0 amide bonds. The van der Waals surface area contributed by atoms with Gasteiger partial charge in [-0.15, -0.1) is 0 Å². The topological polar surface area (TPSA) is 47.5 Å². The molecular formula is C42H42N5+. The molecule has 0 aliphatic rings. The average molecular weight is 617 g/mol. The van der Waals surface area contributed by atoms with Gasteiger partial charge in [-0.2, -0.15) is 4.57 Å². The molecule has 0 saturated carbocycles. The van der Waals surface area contributed by atoms with E-state index >= 15 is 0 Å². The molecule has 4 aromatic carbocycles. The van der Waals surface area contributed by atoms with Crippen LogP contribution >= 0.6 is 0 Å². The van der Waals surface area contributed by atoms with Crippen LogP contribution < -0.4 is 4.57 Å². The zero-order valence-electron chi connectivity index (χ0n) is 28.6. The van der Waals surface area contributed by atoms with E-state index in [4.69, 9.17) is 15.0 Å². The Morgan fingerprint density at radius 3 is 1.91 bits per heavy atom. The number of pyridine rings is 1. The fourth-order valence-electron chi connectivity index (χ4n) is 6.33. The van der Waals surface area contributed by atoms with Crippen LogP contribution in [0, 0.1) is 6.92 Å². The van der Waals surface area contributed by atoms with E-state index in [1.807, 2.05) is 0 Å². The number of nitrogens with zero attached hydrogens (tertiary/aromatic N) is 5. The van der Waals surface area contributed by atoms with Gasteiger partial charge >= 0.3 is 0 Å². The zero-order chi connectivity index (χ0) is 33.1. The number of hydrogen-bond acceptors (Lipinski definition) is 3. The molecule has 7 rings (SSSR count). The number of fused-ring (bicyclic) bond motifs is 3. The third kappa shape index (κ3) is 5.50. The third-order valence-corrected chi connectivity index (χ3v) is 8.91. The lowest BCUT2D eigenvalue weighted by Crippen LogP contribution is -2.31. The first-order chi connectivity index (χ1) is 22.4. The van der Waals surface area contributed by atoms with Gasteiger partial charge in [0.05, 0.1) is 11.1 Å². The van der Waals surface area contributed by atoms with E-state index in [-0.39, 0.29) is 10.8 Å². The molecule has 7 aromatic rings. The molecule has 234 valence electrons. The molecule has 0 atom stereocenters. The van der Waals surface area contributed by atoms with Crippen LogP contribution in [0.15, 0.2) is 109 Å². The highest BCUT2D eigenvalue weighted by Gasteiger charge is 2.26. The molecule has 3 heterocycles. The zero-order valence-corrected chi connectivity index (χ0v) is 28.6. The second kappa shape index (κ2) is 11.3. The SMILES string of the molecule is Cc1ccccc1-c1c2c(cc[n+]1C)c1ccccc1n2-c1cccc(-c2ccc(-c3nc(C(C)(C)C)nc(C(C)(C)C)n3)cc2)c1. The highest BCUT2D eigenvalue weighted by molar-refractivity contribution is 6.12. The molecule has 0 spiro atoms. The average Bonchev–Trinajstić information content (AvgIpc) is 3.39. The summed E-state index contributed by atoms with van der Waals surface area (Å²) in [4.78, 5) is 14.7. The summed E-state index contributed by atoms with van der Waals surface area (Å²) in [5, 5.41) is 2.49. The van der Waals surface area contributed by atoms with Crippen LogP contribution in [-0.4, -0.2) is 19.5 Å². The molecular weight excluding hydrogens is 574 g/mol. The summed E-state index contributed by atoms with van der Waals surface area (Å²) in [6.07, 6.45) is 2.18. The van der Waals surface area contributed by atoms with Crippen molar-refractivity contribution in [2.24, 2.45) is 7.05 Å². The number of aromatic nitrogens is 5. The standard InChI is InChI=1S/C42H42N5/c1-27-14-9-10-17-32(27)36-37-34(24-25-46(36)8)33-18-11-12-19-35(33)47(37)31-16-13-15-30(26-31)28-20-22-29(23-21-28)38-43-39(41(2,3)4)45-40(44-38)42(5,6)7/h9-26H,1-8H3/q+1. The van der Waals surface area contributed by atoms with E-state index < -0.39 is 0 Å². The Bertz CT molecular complexity index is 2250. The molecule has 0 bridgehead atoms. The summed E-state index contributed by atoms with van der Waals surface area (Å²) in [6, 6.07) is 37.1. The molecule has 0 saturated heterocycles. The number of hydrogen-bond donors (Lipinski definition) is 0. The van der Waals surface area contributed by atoms with Crippen molar-refractivity contribution >= 4 is 21.8 Å². The normalized spacial score (nSPS) is 12.3. The number of benzene rings is 4. The lowest BCUT2D eigenvalue weighted by molar-refractivity contribution is -0.659. The highest BCUT2D eigenvalue weighted by Crippen LogP contribution is 2.38. The summed E-state index contributed by atoms with van der Waals surface area (Å²) >= 11 is 0. The van der Waals surface area contributed by atoms with Gasteiger partial charge in [0.25, 0.3) is 0 Å². The molecule has 0 aliphatic carbocycles. The Morgan fingerprint density at radius 2 is 1.23 bits per heavy atom. The van der Waals surface area contributed by atoms with E-state index in [1.54, 1.807) is 0 Å². The van der Waals surface area contributed by atoms with Crippen molar-refractivity contribution in [3.8, 4) is 39.5 Å². The summed E-state index contributed by atoms with van der Waals surface area (Å²) in [7, 11) is 2.14. The van der Waals surface area contributed by atoms with Gasteiger partial charge in [-0.3, -0.25) is 0 Å². The Morgan fingerprint density at radius 1 is 0.596 bits per heavy atom. The van der Waals surface area contributed by atoms with Crippen LogP contribution in [0.3, 0.4) is 0 Å². The van der Waals surface area contributed by atoms with Crippen molar-refractivity contribution in [3.05, 3.63) is 127 Å². The van der Waals surface area contributed by atoms with E-state index in [2.05, 4.69) is 174 Å². The van der Waals surface area contributed by atoms with Crippen molar-refractivity contribution in [2.75, 3.05) is 0 Å². The minimum absolute atomic E-state index is 0.180. The predicted molar refractivity (Wildman–Crippen MR) is 194 cm³/mol. The van der Waals surface area contributed by atoms with E-state index in [9.17, 15) is 0 Å². The van der Waals surface area contributed by atoms with Crippen molar-refractivity contribution in [1.82, 2.24) is 19.5 Å². The van der Waals surface area contributed by atoms with Gasteiger partial charge < -0.3 is 4.57 Å². The number of aryl methyl sites for hydroxylation is 2. The van der Waals surface area contributed by atoms with Crippen molar-refractivity contribution < 1.29 is 4.57 Å². The first kappa shape index (κ1) is 30.5. The number of rotatable bonds is 4. The van der Waals surface area contributed by atoms with Crippen LogP contribution in [-0.2, 0) is 17.9 Å². The fourth-order valence-corrected chi connectivity index (χ4v) is 6.33. The smallest absolute Gasteiger partial charge is 0.237 e. The number of para-hydroxylation sites is 1. The summed E-state index contributed by atoms with van der Waals surface area (Å²) < 4.78 is 4.68. The minimum atomic E-state index is -0.180. The molecule has 3 aromatic heterocycles. The van der Waals surface area contributed by atoms with E-state index in [0.717, 1.165) is 39.9 Å². The monoisotopic (exact) mass is 616 g/mol. The van der Waals surface area contributed by atoms with E-state index in [1.165, 1.54) is 38.6 Å². The van der Waals surface area contributed by atoms with Gasteiger partial charge in [-0.25, -0.2) is 15.0 Å². The maximum Gasteiger partial charge on any atom is 0.237 e. The minimum Gasteiger partial charge on any atom is -0.303 e. The second-order valence-corrected chi connectivity index (χ2v) is 14.6. The lowest BCUT2D eigenvalue weighted by atomic mass is 9.93. The Hall–Kier alpha value is -5.16. The molecule has 5 nitrogen and oxygen atoms in total. The highest BCUT2D eigenvalue weighted by atomic mass is 15.1. The quantitative estimate of drug-likeness (QED) is 0.185. The second-order valence-electron chi connectivity index (χ2n) is 14.6. The van der Waals surface area contributed by atoms with E-state index in [0.29, 0.717) is 0 Å². The molecule has 0 aliphatic heterocycles. The molecule has 0 fully saturated rings. The van der Waals surface area contributed by atoms with Crippen molar-refractivity contribution in [3.63, 3.8) is 0 Å². The van der Waals surface area contributed by atoms with Crippen molar-refractivity contribution in [2.45, 2.75) is 59.3 Å². The Balaban J connectivity index is 1.36. The molecule has 0 radical (unpaired) electrons. The maximum absolute atomic E-state index is 4.92. The van der Waals surface area contributed by atoms with Crippen LogP contribution in [0.1, 0.15) is 58.8 Å². The Labute approximate surface area is 277 Å². The predicted octanol–water partition coefficient (Wildman–Crippen LogP) is 9.70. The van der Waals surface area contributed by atoms with Gasteiger partial charge in [0.2, 0.25) is 5.69 Å². The van der Waals surface area contributed by atoms with Gasteiger partial charge in [0, 0.05) is 38.9 Å². The fraction of sp³-hybridized carbons (Fsp3) is 0.238. The summed E-state index contributed by atoms with van der Waals surface area (Å²) in [5.41, 5.74) is 10.1. The largest absolute Gasteiger partial charge is 0.303 e. The summed E-state index contributed by atoms with van der Waals surface area (Å²) in [6.45, 7) is 15.1. The maximum atomic E-state index is 4.92. The van der Waals surface area contributed by atoms with Gasteiger partial charge in [0.1, 0.15) is 24.2 Å². The Kier molecular flexibility index (Phi) is 7.31. The first-order valence-corrected chi connectivity index (χ1v) is 16.4. The molecule has 47 heavy (non-hydrogen) atoms. The summed E-state index contributed by atoms with van der Waals surface area (Å²) in [5.74, 6) is 2.35. The lowest BCUT2D eigenvalue weighted by Gasteiger charge is -2.22. The third-order valence-electron chi connectivity index (χ3n) is 8.91. The van der Waals surface area contributed by atoms with Gasteiger partial charge in [-0.05, 0) is 47.9 Å². The molecule has 0 N–H and O–H groups in total.